The predicted octanol–water partition coefficient (Wildman–Crippen LogP) is 3.46. The van der Waals surface area contributed by atoms with E-state index in [1.165, 1.54) is 30.6 Å². The number of hydrogen-bond acceptors (Lipinski definition) is 4. The first-order valence-corrected chi connectivity index (χ1v) is 7.85. The zero-order chi connectivity index (χ0) is 18.5. The summed E-state index contributed by atoms with van der Waals surface area (Å²) in [7, 11) is -0.656. The normalized spacial score (nSPS) is 19.2. The number of benzene rings is 1. The lowest BCUT2D eigenvalue weighted by Crippen LogP contribution is -2.41. The van der Waals surface area contributed by atoms with E-state index in [4.69, 9.17) is 9.31 Å². The minimum Gasteiger partial charge on any atom is -0.399 e. The van der Waals surface area contributed by atoms with Crippen molar-refractivity contribution in [3.05, 3.63) is 42.2 Å². The summed E-state index contributed by atoms with van der Waals surface area (Å²) in [6.45, 7) is 7.67. The van der Waals surface area contributed by atoms with E-state index >= 15 is 0 Å². The number of alkyl halides is 3. The monoisotopic (exact) mass is 350 g/mol. The molecule has 2 heterocycles. The Balaban J connectivity index is 1.90. The Morgan fingerprint density at radius 1 is 0.920 bits per heavy atom. The fourth-order valence-electron chi connectivity index (χ4n) is 2.50. The quantitative estimate of drug-likeness (QED) is 0.778. The molecule has 1 aromatic heterocycles. The summed E-state index contributed by atoms with van der Waals surface area (Å²) in [4.78, 5) is 8.18. The molecule has 0 amide bonds. The molecule has 0 radical (unpaired) electrons. The highest BCUT2D eigenvalue weighted by molar-refractivity contribution is 6.61. The maximum absolute atomic E-state index is 13.1. The largest absolute Gasteiger partial charge is 0.498 e. The summed E-state index contributed by atoms with van der Waals surface area (Å²) in [6, 6.07) is 5.23. The summed E-state index contributed by atoms with van der Waals surface area (Å²) in [5.74, 6) is 0.00759. The molecule has 132 valence electrons. The number of halogens is 3. The second-order valence-corrected chi connectivity index (χ2v) is 6.97. The van der Waals surface area contributed by atoms with Crippen LogP contribution in [0.5, 0.6) is 0 Å². The molecular weight excluding hydrogens is 332 g/mol. The van der Waals surface area contributed by atoms with Crippen LogP contribution in [0.1, 0.15) is 33.3 Å². The van der Waals surface area contributed by atoms with Gasteiger partial charge in [0.25, 0.3) is 0 Å². The first kappa shape index (κ1) is 17.9. The molecule has 0 N–H and O–H groups in total. The van der Waals surface area contributed by atoms with Crippen LogP contribution in [0.25, 0.3) is 11.4 Å². The molecule has 0 atom stereocenters. The lowest BCUT2D eigenvalue weighted by molar-refractivity contribution is -0.137. The molecule has 3 rings (SSSR count). The van der Waals surface area contributed by atoms with Gasteiger partial charge in [0.2, 0.25) is 0 Å². The van der Waals surface area contributed by atoms with Gasteiger partial charge in [0.15, 0.2) is 5.82 Å². The lowest BCUT2D eigenvalue weighted by atomic mass is 9.81. The van der Waals surface area contributed by atoms with E-state index < -0.39 is 30.1 Å². The fourth-order valence-corrected chi connectivity index (χ4v) is 2.50. The summed E-state index contributed by atoms with van der Waals surface area (Å²) >= 11 is 0. The van der Waals surface area contributed by atoms with Crippen molar-refractivity contribution in [3.63, 3.8) is 0 Å². The van der Waals surface area contributed by atoms with Crippen LogP contribution < -0.4 is 5.46 Å². The number of nitrogens with zero attached hydrogens (tertiary/aromatic N) is 2. The van der Waals surface area contributed by atoms with Gasteiger partial charge >= 0.3 is 13.3 Å². The molecule has 2 aromatic rings. The summed E-state index contributed by atoms with van der Waals surface area (Å²) in [5.41, 5.74) is -1.29. The maximum Gasteiger partial charge on any atom is 0.498 e. The van der Waals surface area contributed by atoms with Crippen LogP contribution in [0.3, 0.4) is 0 Å². The van der Waals surface area contributed by atoms with Crippen molar-refractivity contribution in [2.75, 3.05) is 0 Å². The fraction of sp³-hybridized carbons (Fsp3) is 0.412. The van der Waals surface area contributed by atoms with Gasteiger partial charge in [-0.25, -0.2) is 9.97 Å². The van der Waals surface area contributed by atoms with Crippen molar-refractivity contribution < 1.29 is 22.5 Å². The van der Waals surface area contributed by atoms with E-state index in [9.17, 15) is 13.2 Å². The van der Waals surface area contributed by atoms with Gasteiger partial charge < -0.3 is 9.31 Å². The third-order valence-corrected chi connectivity index (χ3v) is 4.67. The molecule has 0 aliphatic carbocycles. The minimum atomic E-state index is -4.47. The molecule has 4 nitrogen and oxygen atoms in total. The molecule has 0 saturated carbocycles. The highest BCUT2D eigenvalue weighted by atomic mass is 19.4. The molecule has 1 fully saturated rings. The van der Waals surface area contributed by atoms with Crippen molar-refractivity contribution in [1.29, 1.82) is 0 Å². The third kappa shape index (κ3) is 3.28. The average Bonchev–Trinajstić information content (AvgIpc) is 2.75. The first-order valence-electron chi connectivity index (χ1n) is 7.85. The van der Waals surface area contributed by atoms with Crippen molar-refractivity contribution in [3.8, 4) is 11.4 Å². The molecule has 0 spiro atoms. The van der Waals surface area contributed by atoms with Crippen molar-refractivity contribution in [1.82, 2.24) is 9.97 Å². The first-order chi connectivity index (χ1) is 11.5. The van der Waals surface area contributed by atoms with Gasteiger partial charge in [0.1, 0.15) is 0 Å². The van der Waals surface area contributed by atoms with Crippen LogP contribution in [-0.4, -0.2) is 28.3 Å². The molecule has 1 saturated heterocycles. The topological polar surface area (TPSA) is 44.2 Å². The summed E-state index contributed by atoms with van der Waals surface area (Å²) in [6.07, 6.45) is -1.58. The highest BCUT2D eigenvalue weighted by Crippen LogP contribution is 2.37. The summed E-state index contributed by atoms with van der Waals surface area (Å²) < 4.78 is 51.2. The van der Waals surface area contributed by atoms with Crippen molar-refractivity contribution in [2.24, 2.45) is 0 Å². The molecule has 1 aliphatic rings. The maximum atomic E-state index is 13.1. The molecule has 8 heteroatoms. The van der Waals surface area contributed by atoms with E-state index in [2.05, 4.69) is 9.97 Å². The van der Waals surface area contributed by atoms with Crippen molar-refractivity contribution in [2.45, 2.75) is 45.1 Å². The van der Waals surface area contributed by atoms with Gasteiger partial charge in [-0.1, -0.05) is 18.2 Å². The van der Waals surface area contributed by atoms with Crippen LogP contribution in [-0.2, 0) is 15.5 Å². The van der Waals surface area contributed by atoms with Gasteiger partial charge in [-0.15, -0.1) is 0 Å². The number of rotatable bonds is 2. The second kappa shape index (κ2) is 5.81. The third-order valence-electron chi connectivity index (χ3n) is 4.67. The molecule has 0 bridgehead atoms. The van der Waals surface area contributed by atoms with Crippen LogP contribution in [0, 0.1) is 0 Å². The van der Waals surface area contributed by atoms with E-state index in [0.717, 1.165) is 6.07 Å². The van der Waals surface area contributed by atoms with E-state index in [0.29, 0.717) is 5.46 Å². The average molecular weight is 350 g/mol. The smallest absolute Gasteiger partial charge is 0.399 e. The van der Waals surface area contributed by atoms with E-state index in [-0.39, 0.29) is 11.4 Å². The standard InChI is InChI=1S/C17H18BF3N2O2/c1-15(2)16(3,4)25-18(24-15)11-9-22-14(23-10-11)12-7-5-6-8-13(12)17(19,20)21/h5-10H,1-4H3. The Bertz CT molecular complexity index is 760. The predicted molar refractivity (Wildman–Crippen MR) is 88.2 cm³/mol. The van der Waals surface area contributed by atoms with Crippen LogP contribution >= 0.6 is 0 Å². The second-order valence-electron chi connectivity index (χ2n) is 6.97. The number of aromatic nitrogens is 2. The molecule has 25 heavy (non-hydrogen) atoms. The highest BCUT2D eigenvalue weighted by Gasteiger charge is 2.52. The van der Waals surface area contributed by atoms with Crippen molar-refractivity contribution >= 4 is 12.6 Å². The molecule has 1 aromatic carbocycles. The van der Waals surface area contributed by atoms with Gasteiger partial charge in [-0.05, 0) is 33.8 Å². The Labute approximate surface area is 144 Å². The van der Waals surface area contributed by atoms with Crippen LogP contribution in [0.2, 0.25) is 0 Å². The summed E-state index contributed by atoms with van der Waals surface area (Å²) in [5, 5.41) is 0. The number of hydrogen-bond donors (Lipinski definition) is 0. The Hall–Kier alpha value is -1.93. The van der Waals surface area contributed by atoms with Gasteiger partial charge in [0.05, 0.1) is 16.8 Å². The molecule has 0 unspecified atom stereocenters. The van der Waals surface area contributed by atoms with Gasteiger partial charge in [-0.2, -0.15) is 13.2 Å². The molecule has 1 aliphatic heterocycles. The Morgan fingerprint density at radius 2 is 1.44 bits per heavy atom. The molecular formula is C17H18BF3N2O2. The zero-order valence-corrected chi connectivity index (χ0v) is 14.4. The van der Waals surface area contributed by atoms with E-state index in [1.54, 1.807) is 0 Å². The van der Waals surface area contributed by atoms with Gasteiger partial charge in [0, 0.05) is 23.4 Å². The van der Waals surface area contributed by atoms with Crippen LogP contribution in [0.15, 0.2) is 36.7 Å². The minimum absolute atomic E-state index is 0.00759. The van der Waals surface area contributed by atoms with E-state index in [1.807, 2.05) is 27.7 Å². The SMILES string of the molecule is CC1(C)OB(c2cnc(-c3ccccc3C(F)(F)F)nc2)OC1(C)C. The Kier molecular flexibility index (Phi) is 4.16. The van der Waals surface area contributed by atoms with Crippen LogP contribution in [0.4, 0.5) is 13.2 Å². The Morgan fingerprint density at radius 3 is 1.96 bits per heavy atom. The lowest BCUT2D eigenvalue weighted by Gasteiger charge is -2.32. The zero-order valence-electron chi connectivity index (χ0n) is 14.4. The van der Waals surface area contributed by atoms with Gasteiger partial charge in [-0.3, -0.25) is 0 Å².